The highest BCUT2D eigenvalue weighted by Gasteiger charge is 2.07. The molecule has 0 unspecified atom stereocenters. The second-order valence-corrected chi connectivity index (χ2v) is 4.63. The van der Waals surface area contributed by atoms with E-state index in [1.54, 1.807) is 24.4 Å². The predicted octanol–water partition coefficient (Wildman–Crippen LogP) is 2.29. The molecule has 2 aromatic rings. The van der Waals surface area contributed by atoms with E-state index >= 15 is 0 Å². The second-order valence-electron chi connectivity index (χ2n) is 4.63. The Bertz CT molecular complexity index is 727. The summed E-state index contributed by atoms with van der Waals surface area (Å²) in [7, 11) is 0. The highest BCUT2D eigenvalue weighted by atomic mass is 16.2. The van der Waals surface area contributed by atoms with E-state index in [2.05, 4.69) is 22.1 Å². The van der Waals surface area contributed by atoms with Crippen molar-refractivity contribution in [2.24, 2.45) is 0 Å². The molecule has 1 aromatic heterocycles. The van der Waals surface area contributed by atoms with Crippen LogP contribution < -0.4 is 5.32 Å². The van der Waals surface area contributed by atoms with Crippen LogP contribution in [0.15, 0.2) is 36.5 Å². The lowest BCUT2D eigenvalue weighted by atomic mass is 10.1. The molecule has 2 rings (SSSR count). The quantitative estimate of drug-likeness (QED) is 0.830. The van der Waals surface area contributed by atoms with E-state index in [0.29, 0.717) is 11.3 Å². The fraction of sp³-hybridized carbons (Fsp3) is 0.176. The number of carbonyl (C=O) groups excluding carboxylic acids is 1. The predicted molar refractivity (Wildman–Crippen MR) is 82.1 cm³/mol. The number of hydrogen-bond donors (Lipinski definition) is 2. The lowest BCUT2D eigenvalue weighted by Gasteiger charge is -2.07. The van der Waals surface area contributed by atoms with Gasteiger partial charge in [-0.25, -0.2) is 0 Å². The summed E-state index contributed by atoms with van der Waals surface area (Å²) in [4.78, 5) is 16.2. The minimum Gasteiger partial charge on any atom is -0.384 e. The van der Waals surface area contributed by atoms with Crippen molar-refractivity contribution in [3.8, 4) is 11.8 Å². The van der Waals surface area contributed by atoms with Crippen molar-refractivity contribution >= 4 is 11.6 Å². The maximum atomic E-state index is 12.2. The van der Waals surface area contributed by atoms with Gasteiger partial charge in [-0.3, -0.25) is 9.78 Å². The third-order valence-corrected chi connectivity index (χ3v) is 2.96. The van der Waals surface area contributed by atoms with Gasteiger partial charge in [0.15, 0.2) is 0 Å². The SMILES string of the molecule is Cc1cc(C(=O)Nc2ccc(C)c(C#CCO)c2)ccn1. The molecular formula is C17H16N2O2. The normalized spacial score (nSPS) is 9.67. The van der Waals surface area contributed by atoms with Gasteiger partial charge in [0.2, 0.25) is 0 Å². The van der Waals surface area contributed by atoms with Crippen molar-refractivity contribution in [2.45, 2.75) is 13.8 Å². The van der Waals surface area contributed by atoms with Crippen molar-refractivity contribution in [3.05, 3.63) is 58.9 Å². The number of aliphatic hydroxyl groups is 1. The Balaban J connectivity index is 2.21. The Labute approximate surface area is 123 Å². The molecular weight excluding hydrogens is 264 g/mol. The average molecular weight is 280 g/mol. The summed E-state index contributed by atoms with van der Waals surface area (Å²) in [6.07, 6.45) is 1.61. The van der Waals surface area contributed by atoms with E-state index in [-0.39, 0.29) is 12.5 Å². The molecule has 0 saturated heterocycles. The van der Waals surface area contributed by atoms with Gasteiger partial charge < -0.3 is 10.4 Å². The Morgan fingerprint density at radius 3 is 2.81 bits per heavy atom. The van der Waals surface area contributed by atoms with Gasteiger partial charge in [0.1, 0.15) is 6.61 Å². The summed E-state index contributed by atoms with van der Waals surface area (Å²) in [5, 5.41) is 11.6. The lowest BCUT2D eigenvalue weighted by molar-refractivity contribution is 0.102. The molecule has 0 spiro atoms. The maximum Gasteiger partial charge on any atom is 0.255 e. The van der Waals surface area contributed by atoms with E-state index < -0.39 is 0 Å². The van der Waals surface area contributed by atoms with Crippen LogP contribution in [0.25, 0.3) is 0 Å². The minimum atomic E-state index is -0.189. The number of aromatic nitrogens is 1. The molecule has 4 heteroatoms. The lowest BCUT2D eigenvalue weighted by Crippen LogP contribution is -2.12. The molecule has 0 atom stereocenters. The van der Waals surface area contributed by atoms with Gasteiger partial charge in [-0.2, -0.15) is 0 Å². The summed E-state index contributed by atoms with van der Waals surface area (Å²) in [5.74, 6) is 5.28. The number of aryl methyl sites for hydroxylation is 2. The van der Waals surface area contributed by atoms with E-state index in [1.165, 1.54) is 0 Å². The third kappa shape index (κ3) is 3.91. The highest BCUT2D eigenvalue weighted by molar-refractivity contribution is 6.04. The van der Waals surface area contributed by atoms with Crippen LogP contribution >= 0.6 is 0 Å². The fourth-order valence-corrected chi connectivity index (χ4v) is 1.86. The number of nitrogens with one attached hydrogen (secondary N) is 1. The topological polar surface area (TPSA) is 62.2 Å². The van der Waals surface area contributed by atoms with Crippen LogP contribution in [0.2, 0.25) is 0 Å². The maximum absolute atomic E-state index is 12.2. The molecule has 0 aliphatic heterocycles. The molecule has 21 heavy (non-hydrogen) atoms. The number of benzene rings is 1. The standard InChI is InChI=1S/C17H16N2O2/c1-12-5-6-16(11-14(12)4-3-9-20)19-17(21)15-7-8-18-13(2)10-15/h5-8,10-11,20H,9H2,1-2H3,(H,19,21). The number of anilines is 1. The van der Waals surface area contributed by atoms with E-state index in [1.807, 2.05) is 26.0 Å². The minimum absolute atomic E-state index is 0.188. The number of hydrogen-bond acceptors (Lipinski definition) is 3. The van der Waals surface area contributed by atoms with E-state index in [9.17, 15) is 4.79 Å². The van der Waals surface area contributed by atoms with Crippen LogP contribution in [0.1, 0.15) is 27.2 Å². The zero-order valence-corrected chi connectivity index (χ0v) is 12.0. The zero-order valence-electron chi connectivity index (χ0n) is 12.0. The van der Waals surface area contributed by atoms with Crippen molar-refractivity contribution < 1.29 is 9.90 Å². The molecule has 4 nitrogen and oxygen atoms in total. The van der Waals surface area contributed by atoms with Crippen LogP contribution in [-0.4, -0.2) is 22.6 Å². The fourth-order valence-electron chi connectivity index (χ4n) is 1.86. The van der Waals surface area contributed by atoms with Crippen molar-refractivity contribution in [3.63, 3.8) is 0 Å². The molecule has 0 aliphatic carbocycles. The Hall–Kier alpha value is -2.64. The van der Waals surface area contributed by atoms with Gasteiger partial charge in [-0.05, 0) is 43.7 Å². The van der Waals surface area contributed by atoms with Crippen molar-refractivity contribution in [2.75, 3.05) is 11.9 Å². The molecule has 1 aromatic carbocycles. The van der Waals surface area contributed by atoms with Gasteiger partial charge in [0.05, 0.1) is 0 Å². The highest BCUT2D eigenvalue weighted by Crippen LogP contribution is 2.15. The first kappa shape index (κ1) is 14.8. The first-order valence-electron chi connectivity index (χ1n) is 6.54. The van der Waals surface area contributed by atoms with Crippen LogP contribution in [0.5, 0.6) is 0 Å². The van der Waals surface area contributed by atoms with Gasteiger partial charge in [-0.1, -0.05) is 17.9 Å². The van der Waals surface area contributed by atoms with Crippen molar-refractivity contribution in [1.29, 1.82) is 0 Å². The largest absolute Gasteiger partial charge is 0.384 e. The molecule has 0 bridgehead atoms. The summed E-state index contributed by atoms with van der Waals surface area (Å²) in [6.45, 7) is 3.58. The number of rotatable bonds is 2. The zero-order chi connectivity index (χ0) is 15.2. The van der Waals surface area contributed by atoms with E-state index in [4.69, 9.17) is 5.11 Å². The number of amides is 1. The Morgan fingerprint density at radius 2 is 2.10 bits per heavy atom. The molecule has 1 heterocycles. The molecule has 1 amide bonds. The van der Waals surface area contributed by atoms with E-state index in [0.717, 1.165) is 16.8 Å². The van der Waals surface area contributed by atoms with Crippen LogP contribution in [-0.2, 0) is 0 Å². The van der Waals surface area contributed by atoms with Crippen LogP contribution in [0.3, 0.4) is 0 Å². The average Bonchev–Trinajstić information content (AvgIpc) is 2.47. The second kappa shape index (κ2) is 6.69. The smallest absolute Gasteiger partial charge is 0.255 e. The third-order valence-electron chi connectivity index (χ3n) is 2.96. The van der Waals surface area contributed by atoms with Gasteiger partial charge in [0.25, 0.3) is 5.91 Å². The monoisotopic (exact) mass is 280 g/mol. The number of pyridine rings is 1. The Morgan fingerprint density at radius 1 is 1.29 bits per heavy atom. The van der Waals surface area contributed by atoms with Crippen molar-refractivity contribution in [1.82, 2.24) is 4.98 Å². The summed E-state index contributed by atoms with van der Waals surface area (Å²) in [6, 6.07) is 8.91. The molecule has 2 N–H and O–H groups in total. The first-order valence-corrected chi connectivity index (χ1v) is 6.54. The molecule has 0 fully saturated rings. The Kier molecular flexibility index (Phi) is 4.70. The van der Waals surface area contributed by atoms with Crippen LogP contribution in [0, 0.1) is 25.7 Å². The summed E-state index contributed by atoms with van der Waals surface area (Å²) in [5.41, 5.74) is 3.80. The number of nitrogens with zero attached hydrogens (tertiary/aromatic N) is 1. The van der Waals surface area contributed by atoms with Gasteiger partial charge in [-0.15, -0.1) is 0 Å². The first-order chi connectivity index (χ1) is 10.1. The molecule has 106 valence electrons. The summed E-state index contributed by atoms with van der Waals surface area (Å²) >= 11 is 0. The van der Waals surface area contributed by atoms with Gasteiger partial charge in [0, 0.05) is 28.7 Å². The number of aliphatic hydroxyl groups excluding tert-OH is 1. The molecule has 0 radical (unpaired) electrons. The van der Waals surface area contributed by atoms with Gasteiger partial charge >= 0.3 is 0 Å². The molecule has 0 aliphatic rings. The summed E-state index contributed by atoms with van der Waals surface area (Å²) < 4.78 is 0. The number of carbonyl (C=O) groups is 1. The molecule has 0 saturated carbocycles. The van der Waals surface area contributed by atoms with Crippen LogP contribution in [0.4, 0.5) is 5.69 Å².